The van der Waals surface area contributed by atoms with E-state index in [4.69, 9.17) is 9.63 Å². The summed E-state index contributed by atoms with van der Waals surface area (Å²) in [5.41, 5.74) is 1.23. The molecule has 2 aromatic rings. The summed E-state index contributed by atoms with van der Waals surface area (Å²) in [6.07, 6.45) is 2.69. The van der Waals surface area contributed by atoms with Crippen molar-refractivity contribution in [1.29, 1.82) is 0 Å². The zero-order valence-electron chi connectivity index (χ0n) is 11.4. The Morgan fingerprint density at radius 3 is 3.00 bits per heavy atom. The Kier molecular flexibility index (Phi) is 3.04. The molecule has 1 aliphatic rings. The van der Waals surface area contributed by atoms with E-state index in [0.29, 0.717) is 25.1 Å². The zero-order chi connectivity index (χ0) is 14.3. The van der Waals surface area contributed by atoms with Crippen LogP contribution in [0.5, 0.6) is 0 Å². The predicted octanol–water partition coefficient (Wildman–Crippen LogP) is 1.62. The molecule has 0 radical (unpaired) electrons. The topological polar surface area (TPSA) is 92.4 Å². The van der Waals surface area contributed by atoms with Crippen molar-refractivity contribution >= 4 is 22.9 Å². The zero-order valence-corrected chi connectivity index (χ0v) is 11.4. The van der Waals surface area contributed by atoms with Gasteiger partial charge in [0.05, 0.1) is 11.6 Å². The van der Waals surface area contributed by atoms with Crippen LogP contribution in [0.15, 0.2) is 10.9 Å². The lowest BCUT2D eigenvalue weighted by Crippen LogP contribution is -2.43. The highest BCUT2D eigenvalue weighted by molar-refractivity contribution is 5.88. The molecule has 7 heteroatoms. The summed E-state index contributed by atoms with van der Waals surface area (Å²) in [4.78, 5) is 21.6. The fourth-order valence-electron chi connectivity index (χ4n) is 2.83. The number of aliphatic carboxylic acids is 1. The molecule has 1 fully saturated rings. The van der Waals surface area contributed by atoms with E-state index in [0.717, 1.165) is 16.9 Å². The lowest BCUT2D eigenvalue weighted by atomic mass is 9.91. The van der Waals surface area contributed by atoms with Crippen molar-refractivity contribution in [2.24, 2.45) is 5.92 Å². The normalized spacial score (nSPS) is 23.2. The van der Waals surface area contributed by atoms with Crippen LogP contribution in [0.4, 0.5) is 5.82 Å². The van der Waals surface area contributed by atoms with Crippen molar-refractivity contribution in [2.45, 2.75) is 32.7 Å². The standard InChI is InChI=1S/C13H16N4O3/c1-7-5-9(13(18)19)3-4-17(7)11-10-8(2)16-20-12(10)15-6-14-11/h6-7,9H,3-5H2,1-2H3,(H,18,19). The average molecular weight is 276 g/mol. The van der Waals surface area contributed by atoms with Gasteiger partial charge in [0.15, 0.2) is 0 Å². The maximum atomic E-state index is 11.1. The predicted molar refractivity (Wildman–Crippen MR) is 71.5 cm³/mol. The third kappa shape index (κ3) is 1.99. The van der Waals surface area contributed by atoms with Crippen molar-refractivity contribution in [2.75, 3.05) is 11.4 Å². The smallest absolute Gasteiger partial charge is 0.306 e. The number of hydrogen-bond donors (Lipinski definition) is 1. The van der Waals surface area contributed by atoms with Crippen LogP contribution >= 0.6 is 0 Å². The molecule has 7 nitrogen and oxygen atoms in total. The fraction of sp³-hybridized carbons (Fsp3) is 0.538. The molecule has 2 atom stereocenters. The molecule has 20 heavy (non-hydrogen) atoms. The van der Waals surface area contributed by atoms with E-state index in [1.165, 1.54) is 6.33 Å². The van der Waals surface area contributed by atoms with Crippen LogP contribution in [0.2, 0.25) is 0 Å². The van der Waals surface area contributed by atoms with Crippen LogP contribution in [0.1, 0.15) is 25.5 Å². The molecular formula is C13H16N4O3. The Bertz CT molecular complexity index is 654. The number of piperidine rings is 1. The van der Waals surface area contributed by atoms with Crippen molar-refractivity contribution < 1.29 is 14.4 Å². The molecule has 0 saturated carbocycles. The van der Waals surface area contributed by atoms with Gasteiger partial charge in [-0.1, -0.05) is 5.16 Å². The number of rotatable bonds is 2. The second-order valence-electron chi connectivity index (χ2n) is 5.25. The lowest BCUT2D eigenvalue weighted by molar-refractivity contribution is -0.142. The van der Waals surface area contributed by atoms with Gasteiger partial charge < -0.3 is 14.5 Å². The van der Waals surface area contributed by atoms with E-state index >= 15 is 0 Å². The van der Waals surface area contributed by atoms with Gasteiger partial charge in [-0.15, -0.1) is 0 Å². The Balaban J connectivity index is 1.96. The van der Waals surface area contributed by atoms with Gasteiger partial charge in [-0.3, -0.25) is 4.79 Å². The maximum absolute atomic E-state index is 11.1. The number of carboxylic acids is 1. The monoisotopic (exact) mass is 276 g/mol. The third-order valence-electron chi connectivity index (χ3n) is 3.92. The quantitative estimate of drug-likeness (QED) is 0.890. The minimum atomic E-state index is -0.717. The van der Waals surface area contributed by atoms with E-state index in [1.54, 1.807) is 0 Å². The molecule has 1 aliphatic heterocycles. The van der Waals surface area contributed by atoms with E-state index in [9.17, 15) is 4.79 Å². The molecule has 0 amide bonds. The largest absolute Gasteiger partial charge is 0.481 e. The van der Waals surface area contributed by atoms with Gasteiger partial charge in [0.25, 0.3) is 5.71 Å². The molecule has 2 unspecified atom stereocenters. The maximum Gasteiger partial charge on any atom is 0.306 e. The fourth-order valence-corrected chi connectivity index (χ4v) is 2.83. The molecular weight excluding hydrogens is 260 g/mol. The first-order chi connectivity index (χ1) is 9.58. The summed E-state index contributed by atoms with van der Waals surface area (Å²) in [5.74, 6) is -0.210. The molecule has 3 heterocycles. The van der Waals surface area contributed by atoms with Gasteiger partial charge in [-0.2, -0.15) is 4.98 Å². The van der Waals surface area contributed by atoms with Crippen LogP contribution in [0.3, 0.4) is 0 Å². The van der Waals surface area contributed by atoms with Crippen molar-refractivity contribution in [3.63, 3.8) is 0 Å². The lowest BCUT2D eigenvalue weighted by Gasteiger charge is -2.37. The summed E-state index contributed by atoms with van der Waals surface area (Å²) in [5, 5.41) is 13.9. The Labute approximate surface area is 115 Å². The van der Waals surface area contributed by atoms with Crippen LogP contribution in [0, 0.1) is 12.8 Å². The summed E-state index contributed by atoms with van der Waals surface area (Å²) < 4.78 is 5.15. The Morgan fingerprint density at radius 1 is 1.50 bits per heavy atom. The van der Waals surface area contributed by atoms with E-state index in [2.05, 4.69) is 20.0 Å². The first kappa shape index (κ1) is 12.8. The number of hydrogen-bond acceptors (Lipinski definition) is 6. The van der Waals surface area contributed by atoms with Crippen LogP contribution in [0.25, 0.3) is 11.1 Å². The number of aryl methyl sites for hydroxylation is 1. The second-order valence-corrected chi connectivity index (χ2v) is 5.25. The minimum absolute atomic E-state index is 0.109. The summed E-state index contributed by atoms with van der Waals surface area (Å²) in [7, 11) is 0. The highest BCUT2D eigenvalue weighted by atomic mass is 16.5. The summed E-state index contributed by atoms with van der Waals surface area (Å²) in [6, 6.07) is 0.109. The number of carbonyl (C=O) groups is 1. The van der Waals surface area contributed by atoms with Gasteiger partial charge in [0.1, 0.15) is 17.5 Å². The first-order valence-corrected chi connectivity index (χ1v) is 6.64. The molecule has 1 N–H and O–H groups in total. The van der Waals surface area contributed by atoms with Gasteiger partial charge in [-0.05, 0) is 26.7 Å². The van der Waals surface area contributed by atoms with Crippen molar-refractivity contribution in [3.8, 4) is 0 Å². The summed E-state index contributed by atoms with van der Waals surface area (Å²) in [6.45, 7) is 4.54. The minimum Gasteiger partial charge on any atom is -0.481 e. The number of carboxylic acid groups (broad SMARTS) is 1. The van der Waals surface area contributed by atoms with E-state index in [1.807, 2.05) is 13.8 Å². The molecule has 2 aromatic heterocycles. The molecule has 3 rings (SSSR count). The van der Waals surface area contributed by atoms with Crippen molar-refractivity contribution in [1.82, 2.24) is 15.1 Å². The van der Waals surface area contributed by atoms with Crippen molar-refractivity contribution in [3.05, 3.63) is 12.0 Å². The number of aromatic nitrogens is 3. The number of nitrogens with zero attached hydrogens (tertiary/aromatic N) is 4. The molecule has 1 saturated heterocycles. The van der Waals surface area contributed by atoms with Crippen LogP contribution < -0.4 is 4.90 Å². The molecule has 0 bridgehead atoms. The van der Waals surface area contributed by atoms with E-state index in [-0.39, 0.29) is 12.0 Å². The Morgan fingerprint density at radius 2 is 2.30 bits per heavy atom. The molecule has 0 aliphatic carbocycles. The SMILES string of the molecule is Cc1noc2ncnc(N3CCC(C(=O)O)CC3C)c12. The third-order valence-corrected chi connectivity index (χ3v) is 3.92. The second kappa shape index (κ2) is 4.73. The molecule has 0 aromatic carbocycles. The van der Waals surface area contributed by atoms with Gasteiger partial charge in [0.2, 0.25) is 0 Å². The summed E-state index contributed by atoms with van der Waals surface area (Å²) >= 11 is 0. The molecule has 0 spiro atoms. The number of anilines is 1. The molecule has 106 valence electrons. The Hall–Kier alpha value is -2.18. The van der Waals surface area contributed by atoms with Gasteiger partial charge in [0, 0.05) is 12.6 Å². The van der Waals surface area contributed by atoms with Gasteiger partial charge in [-0.25, -0.2) is 4.98 Å². The van der Waals surface area contributed by atoms with Crippen LogP contribution in [-0.4, -0.2) is 38.8 Å². The van der Waals surface area contributed by atoms with Gasteiger partial charge >= 0.3 is 5.97 Å². The highest BCUT2D eigenvalue weighted by Gasteiger charge is 2.31. The van der Waals surface area contributed by atoms with Crippen LogP contribution in [-0.2, 0) is 4.79 Å². The first-order valence-electron chi connectivity index (χ1n) is 6.64. The van der Waals surface area contributed by atoms with E-state index < -0.39 is 5.97 Å². The highest BCUT2D eigenvalue weighted by Crippen LogP contribution is 2.32. The number of fused-ring (bicyclic) bond motifs is 1. The average Bonchev–Trinajstić information content (AvgIpc) is 2.81.